The van der Waals surface area contributed by atoms with Crippen LogP contribution in [0.25, 0.3) is 0 Å². The molecule has 0 radical (unpaired) electrons. The first-order valence-electron chi connectivity index (χ1n) is 4.77. The molecule has 82 valence electrons. The molecule has 0 aliphatic rings. The molecular formula is C12H12N2O2. The Kier molecular flexibility index (Phi) is 2.55. The standard InChI is InChI=1S/C12H12N2O2/c13-11-5-4-10(7-12(11)14)16-9-3-1-2-8(15)6-9/h1-7,15H,13-14H2. The second kappa shape index (κ2) is 4.02. The van der Waals surface area contributed by atoms with Crippen molar-refractivity contribution in [3.05, 3.63) is 42.5 Å². The SMILES string of the molecule is Nc1ccc(Oc2cccc(O)c2)cc1N. The van der Waals surface area contributed by atoms with Crippen LogP contribution >= 0.6 is 0 Å². The van der Waals surface area contributed by atoms with Gasteiger partial charge in [-0.3, -0.25) is 0 Å². The van der Waals surface area contributed by atoms with Crippen LogP contribution in [-0.2, 0) is 0 Å². The highest BCUT2D eigenvalue weighted by Crippen LogP contribution is 2.27. The van der Waals surface area contributed by atoms with Crippen molar-refractivity contribution in [3.63, 3.8) is 0 Å². The zero-order valence-electron chi connectivity index (χ0n) is 8.55. The summed E-state index contributed by atoms with van der Waals surface area (Å²) < 4.78 is 5.50. The van der Waals surface area contributed by atoms with E-state index in [9.17, 15) is 5.11 Å². The van der Waals surface area contributed by atoms with Crippen molar-refractivity contribution in [3.8, 4) is 17.2 Å². The molecule has 0 bridgehead atoms. The molecule has 5 N–H and O–H groups in total. The van der Waals surface area contributed by atoms with E-state index in [1.807, 2.05) is 0 Å². The van der Waals surface area contributed by atoms with Crippen molar-refractivity contribution in [2.75, 3.05) is 11.5 Å². The number of phenols is 1. The van der Waals surface area contributed by atoms with Crippen LogP contribution in [0.2, 0.25) is 0 Å². The van der Waals surface area contributed by atoms with E-state index in [0.29, 0.717) is 22.9 Å². The Morgan fingerprint density at radius 2 is 1.62 bits per heavy atom. The molecular weight excluding hydrogens is 204 g/mol. The average Bonchev–Trinajstić information content (AvgIpc) is 2.24. The van der Waals surface area contributed by atoms with Crippen molar-refractivity contribution >= 4 is 11.4 Å². The highest BCUT2D eigenvalue weighted by atomic mass is 16.5. The predicted molar refractivity (Wildman–Crippen MR) is 63.4 cm³/mol. The Balaban J connectivity index is 2.24. The maximum absolute atomic E-state index is 9.27. The Bertz CT molecular complexity index is 512. The van der Waals surface area contributed by atoms with E-state index in [1.54, 1.807) is 36.4 Å². The molecule has 2 aromatic rings. The first kappa shape index (κ1) is 10.2. The van der Waals surface area contributed by atoms with E-state index >= 15 is 0 Å². The van der Waals surface area contributed by atoms with Gasteiger partial charge in [0.1, 0.15) is 17.2 Å². The van der Waals surface area contributed by atoms with Crippen molar-refractivity contribution in [1.82, 2.24) is 0 Å². The van der Waals surface area contributed by atoms with Crippen LogP contribution in [0.15, 0.2) is 42.5 Å². The number of anilines is 2. The van der Waals surface area contributed by atoms with Crippen LogP contribution in [0.4, 0.5) is 11.4 Å². The van der Waals surface area contributed by atoms with Gasteiger partial charge in [-0.1, -0.05) is 6.07 Å². The predicted octanol–water partition coefficient (Wildman–Crippen LogP) is 2.35. The molecule has 16 heavy (non-hydrogen) atoms. The largest absolute Gasteiger partial charge is 0.508 e. The number of nitrogens with two attached hydrogens (primary N) is 2. The molecule has 0 heterocycles. The Morgan fingerprint density at radius 1 is 0.875 bits per heavy atom. The third-order valence-corrected chi connectivity index (χ3v) is 2.11. The smallest absolute Gasteiger partial charge is 0.131 e. The average molecular weight is 216 g/mol. The topological polar surface area (TPSA) is 81.5 Å². The van der Waals surface area contributed by atoms with Crippen LogP contribution in [-0.4, -0.2) is 5.11 Å². The summed E-state index contributed by atoms with van der Waals surface area (Å²) >= 11 is 0. The van der Waals surface area contributed by atoms with Gasteiger partial charge in [-0.2, -0.15) is 0 Å². The number of hydrogen-bond donors (Lipinski definition) is 3. The number of phenolic OH excluding ortho intramolecular Hbond substituents is 1. The van der Waals surface area contributed by atoms with Gasteiger partial charge in [-0.25, -0.2) is 0 Å². The molecule has 0 fully saturated rings. The number of rotatable bonds is 2. The lowest BCUT2D eigenvalue weighted by Gasteiger charge is -2.07. The highest BCUT2D eigenvalue weighted by molar-refractivity contribution is 5.65. The van der Waals surface area contributed by atoms with Gasteiger partial charge in [0.25, 0.3) is 0 Å². The summed E-state index contributed by atoms with van der Waals surface area (Å²) in [5.74, 6) is 1.28. The first-order chi connectivity index (χ1) is 7.65. The molecule has 0 aliphatic carbocycles. The third kappa shape index (κ3) is 2.17. The summed E-state index contributed by atoms with van der Waals surface area (Å²) in [6.07, 6.45) is 0. The van der Waals surface area contributed by atoms with Gasteiger partial charge in [0.2, 0.25) is 0 Å². The fourth-order valence-electron chi connectivity index (χ4n) is 1.30. The molecule has 0 aliphatic heterocycles. The molecule has 4 heteroatoms. The van der Waals surface area contributed by atoms with Gasteiger partial charge < -0.3 is 21.3 Å². The van der Waals surface area contributed by atoms with Crippen molar-refractivity contribution < 1.29 is 9.84 Å². The lowest BCUT2D eigenvalue weighted by Crippen LogP contribution is -1.94. The minimum Gasteiger partial charge on any atom is -0.508 e. The number of ether oxygens (including phenoxy) is 1. The fraction of sp³-hybridized carbons (Fsp3) is 0. The molecule has 0 amide bonds. The zero-order chi connectivity index (χ0) is 11.5. The van der Waals surface area contributed by atoms with Crippen molar-refractivity contribution in [2.24, 2.45) is 0 Å². The Hall–Kier alpha value is -2.36. The second-order valence-electron chi connectivity index (χ2n) is 3.39. The lowest BCUT2D eigenvalue weighted by molar-refractivity contribution is 0.455. The van der Waals surface area contributed by atoms with Crippen LogP contribution in [0.3, 0.4) is 0 Å². The molecule has 2 rings (SSSR count). The highest BCUT2D eigenvalue weighted by Gasteiger charge is 2.00. The maximum atomic E-state index is 9.27. The third-order valence-electron chi connectivity index (χ3n) is 2.11. The van der Waals surface area contributed by atoms with Gasteiger partial charge in [0.15, 0.2) is 0 Å². The summed E-state index contributed by atoms with van der Waals surface area (Å²) in [6.45, 7) is 0. The molecule has 0 aromatic heterocycles. The lowest BCUT2D eigenvalue weighted by atomic mass is 10.2. The summed E-state index contributed by atoms with van der Waals surface area (Å²) in [5.41, 5.74) is 12.2. The Morgan fingerprint density at radius 3 is 2.31 bits per heavy atom. The molecule has 2 aromatic carbocycles. The number of aromatic hydroxyl groups is 1. The van der Waals surface area contributed by atoms with Crippen LogP contribution in [0.5, 0.6) is 17.2 Å². The van der Waals surface area contributed by atoms with E-state index in [4.69, 9.17) is 16.2 Å². The number of nitrogen functional groups attached to an aromatic ring is 2. The second-order valence-corrected chi connectivity index (χ2v) is 3.39. The minimum atomic E-state index is 0.154. The van der Waals surface area contributed by atoms with Crippen molar-refractivity contribution in [1.29, 1.82) is 0 Å². The molecule has 0 saturated heterocycles. The summed E-state index contributed by atoms with van der Waals surface area (Å²) in [4.78, 5) is 0. The first-order valence-corrected chi connectivity index (χ1v) is 4.77. The van der Waals surface area contributed by atoms with E-state index in [0.717, 1.165) is 0 Å². The van der Waals surface area contributed by atoms with Gasteiger partial charge in [0.05, 0.1) is 11.4 Å². The monoisotopic (exact) mass is 216 g/mol. The maximum Gasteiger partial charge on any atom is 0.131 e. The normalized spacial score (nSPS) is 10.0. The quantitative estimate of drug-likeness (QED) is 0.673. The molecule has 0 spiro atoms. The molecule has 0 atom stereocenters. The van der Waals surface area contributed by atoms with E-state index in [-0.39, 0.29) is 5.75 Å². The van der Waals surface area contributed by atoms with Crippen LogP contribution < -0.4 is 16.2 Å². The van der Waals surface area contributed by atoms with Crippen molar-refractivity contribution in [2.45, 2.75) is 0 Å². The van der Waals surface area contributed by atoms with Gasteiger partial charge >= 0.3 is 0 Å². The summed E-state index contributed by atoms with van der Waals surface area (Å²) in [6, 6.07) is 11.6. The summed E-state index contributed by atoms with van der Waals surface area (Å²) in [7, 11) is 0. The van der Waals surface area contributed by atoms with Crippen LogP contribution in [0.1, 0.15) is 0 Å². The van der Waals surface area contributed by atoms with Gasteiger partial charge in [-0.15, -0.1) is 0 Å². The van der Waals surface area contributed by atoms with Crippen LogP contribution in [0, 0.1) is 0 Å². The zero-order valence-corrected chi connectivity index (χ0v) is 8.55. The molecule has 4 nitrogen and oxygen atoms in total. The van der Waals surface area contributed by atoms with E-state index < -0.39 is 0 Å². The number of benzene rings is 2. The Labute approximate surface area is 93.1 Å². The fourth-order valence-corrected chi connectivity index (χ4v) is 1.30. The summed E-state index contributed by atoms with van der Waals surface area (Å²) in [5, 5.41) is 9.27. The van der Waals surface area contributed by atoms with Gasteiger partial charge in [-0.05, 0) is 24.3 Å². The van der Waals surface area contributed by atoms with Gasteiger partial charge in [0, 0.05) is 12.1 Å². The van der Waals surface area contributed by atoms with E-state index in [2.05, 4.69) is 0 Å². The molecule has 0 saturated carbocycles. The minimum absolute atomic E-state index is 0.154. The van der Waals surface area contributed by atoms with E-state index in [1.165, 1.54) is 6.07 Å². The molecule has 0 unspecified atom stereocenters. The number of hydrogen-bond acceptors (Lipinski definition) is 4.